The first-order valence-electron chi connectivity index (χ1n) is 3.13. The monoisotopic (exact) mass is 262 g/mol. The van der Waals surface area contributed by atoms with Gasteiger partial charge in [-0.25, -0.2) is 0 Å². The van der Waals surface area contributed by atoms with Crippen LogP contribution in [-0.2, 0) is 32.7 Å². The molecule has 13 heavy (non-hydrogen) atoms. The van der Waals surface area contributed by atoms with Crippen LogP contribution in [-0.4, -0.2) is 4.98 Å². The van der Waals surface area contributed by atoms with E-state index in [0.29, 0.717) is 0 Å². The van der Waals surface area contributed by atoms with Crippen LogP contribution in [0.4, 0.5) is 0 Å². The number of benzene rings is 1. The zero-order valence-corrected chi connectivity index (χ0v) is 10.9. The van der Waals surface area contributed by atoms with E-state index in [9.17, 15) is 0 Å². The van der Waals surface area contributed by atoms with Gasteiger partial charge < -0.3 is 7.43 Å². The molecule has 0 saturated heterocycles. The van der Waals surface area contributed by atoms with E-state index >= 15 is 0 Å². The summed E-state index contributed by atoms with van der Waals surface area (Å²) in [7, 11) is 0. The molecule has 0 bridgehead atoms. The van der Waals surface area contributed by atoms with Crippen molar-refractivity contribution in [2.45, 2.75) is 0 Å². The number of aromatic nitrogens is 1. The fourth-order valence-corrected chi connectivity index (χ4v) is 1.64. The zero-order chi connectivity index (χ0) is 7.68. The number of fused-ring (bicyclic) bond motifs is 1. The summed E-state index contributed by atoms with van der Waals surface area (Å²) in [6, 6.07) is 8.62. The van der Waals surface area contributed by atoms with Crippen molar-refractivity contribution in [2.75, 3.05) is 0 Å². The predicted molar refractivity (Wildman–Crippen MR) is 52.8 cm³/mol. The Hall–Kier alpha value is -0.226. The second kappa shape index (κ2) is 5.49. The van der Waals surface area contributed by atoms with Gasteiger partial charge in [-0.2, -0.15) is 29.5 Å². The molecular formula is C10H7NSY-2. The van der Waals surface area contributed by atoms with Crippen LogP contribution in [0.1, 0.15) is 5.01 Å². The molecule has 1 heterocycles. The van der Waals surface area contributed by atoms with Crippen molar-refractivity contribution in [2.24, 2.45) is 0 Å². The normalized spacial score (nSPS) is 8.23. The van der Waals surface area contributed by atoms with Crippen LogP contribution < -0.4 is 0 Å². The third-order valence-corrected chi connectivity index (χ3v) is 2.31. The Morgan fingerprint density at radius 3 is 2.92 bits per heavy atom. The summed E-state index contributed by atoms with van der Waals surface area (Å²) < 4.78 is 1.10. The van der Waals surface area contributed by atoms with Gasteiger partial charge in [0.05, 0.1) is 0 Å². The minimum atomic E-state index is 0. The standard InChI is InChI=1S/C9H4NS.CH3.Y/c1-2-9-10-7-5-3-4-6-8(7)11-9;;/h1,3,5-6H;1H3;/q2*-1;. The first kappa shape index (κ1) is 12.8. The number of nitrogens with zero attached hydrogens (tertiary/aromatic N) is 1. The van der Waals surface area contributed by atoms with Gasteiger partial charge in [0.2, 0.25) is 0 Å². The molecule has 0 aliphatic rings. The van der Waals surface area contributed by atoms with Crippen LogP contribution in [0.5, 0.6) is 0 Å². The van der Waals surface area contributed by atoms with Gasteiger partial charge in [-0.3, -0.25) is 4.98 Å². The van der Waals surface area contributed by atoms with Crippen LogP contribution in [0.15, 0.2) is 18.2 Å². The fraction of sp³-hybridized carbons (Fsp3) is 0. The van der Waals surface area contributed by atoms with E-state index in [1.807, 2.05) is 18.2 Å². The molecule has 0 saturated carbocycles. The molecule has 0 aliphatic carbocycles. The van der Waals surface area contributed by atoms with Crippen molar-refractivity contribution >= 4 is 21.6 Å². The smallest absolute Gasteiger partial charge is 0.153 e. The number of thiazole rings is 1. The molecule has 63 valence electrons. The molecule has 1 radical (unpaired) electrons. The van der Waals surface area contributed by atoms with Gasteiger partial charge in [0, 0.05) is 32.7 Å². The predicted octanol–water partition coefficient (Wildman–Crippen LogP) is 2.53. The van der Waals surface area contributed by atoms with Crippen molar-refractivity contribution in [3.05, 3.63) is 36.7 Å². The average Bonchev–Trinajstić information content (AvgIpc) is 2.46. The average molecular weight is 262 g/mol. The molecule has 0 spiro atoms. The second-order valence-electron chi connectivity index (χ2n) is 2.06. The zero-order valence-electron chi connectivity index (χ0n) is 7.24. The molecule has 2 rings (SSSR count). The molecule has 0 amide bonds. The van der Waals surface area contributed by atoms with Crippen molar-refractivity contribution in [1.29, 1.82) is 0 Å². The van der Waals surface area contributed by atoms with E-state index in [1.165, 1.54) is 11.3 Å². The first-order valence-corrected chi connectivity index (χ1v) is 3.95. The molecule has 0 aliphatic heterocycles. The molecule has 0 atom stereocenters. The van der Waals surface area contributed by atoms with Crippen molar-refractivity contribution in [3.8, 4) is 12.3 Å². The van der Waals surface area contributed by atoms with Crippen LogP contribution in [0.2, 0.25) is 0 Å². The van der Waals surface area contributed by atoms with Crippen LogP contribution in [0.25, 0.3) is 10.2 Å². The number of terminal acetylenes is 1. The maximum absolute atomic E-state index is 5.20. The summed E-state index contributed by atoms with van der Waals surface area (Å²) in [5.74, 6) is 2.51. The molecule has 0 unspecified atom stereocenters. The molecule has 3 heteroatoms. The molecule has 2 aromatic rings. The fourth-order valence-electron chi connectivity index (χ4n) is 0.879. The Bertz CT molecular complexity index is 395. The summed E-state index contributed by atoms with van der Waals surface area (Å²) in [5.41, 5.74) is 0.960. The quantitative estimate of drug-likeness (QED) is 0.525. The summed E-state index contributed by atoms with van der Waals surface area (Å²) in [5, 5.41) is 0.736. The first-order chi connectivity index (χ1) is 5.40. The largest absolute Gasteiger partial charge is 0.358 e. The van der Waals surface area contributed by atoms with Crippen molar-refractivity contribution < 1.29 is 32.7 Å². The van der Waals surface area contributed by atoms with E-state index < -0.39 is 0 Å². The van der Waals surface area contributed by atoms with Gasteiger partial charge in [0.1, 0.15) is 0 Å². The maximum atomic E-state index is 5.20. The Morgan fingerprint density at radius 2 is 2.31 bits per heavy atom. The third kappa shape index (κ3) is 2.61. The van der Waals surface area contributed by atoms with E-state index in [1.54, 1.807) is 0 Å². The van der Waals surface area contributed by atoms with Crippen molar-refractivity contribution in [1.82, 2.24) is 4.98 Å². The maximum Gasteiger partial charge on any atom is 0.153 e. The summed E-state index contributed by atoms with van der Waals surface area (Å²) in [6.45, 7) is 0. The molecule has 1 aromatic heterocycles. The SMILES string of the molecule is C#Cc1nc2cc[c-]cc2s1.[CH3-].[Y]. The summed E-state index contributed by atoms with van der Waals surface area (Å²) >= 11 is 1.52. The second-order valence-corrected chi connectivity index (χ2v) is 3.09. The van der Waals surface area contributed by atoms with Crippen LogP contribution in [0.3, 0.4) is 0 Å². The number of rotatable bonds is 0. The van der Waals surface area contributed by atoms with Gasteiger partial charge >= 0.3 is 0 Å². The van der Waals surface area contributed by atoms with Crippen LogP contribution >= 0.6 is 11.3 Å². The topological polar surface area (TPSA) is 12.9 Å². The number of hydrogen-bond acceptors (Lipinski definition) is 2. The Balaban J connectivity index is 0.000000720. The van der Waals surface area contributed by atoms with E-state index in [0.717, 1.165) is 15.2 Å². The minimum Gasteiger partial charge on any atom is -0.358 e. The van der Waals surface area contributed by atoms with Crippen molar-refractivity contribution in [3.63, 3.8) is 0 Å². The van der Waals surface area contributed by atoms with Gasteiger partial charge in [-0.1, -0.05) is 4.70 Å². The Morgan fingerprint density at radius 1 is 1.54 bits per heavy atom. The summed E-state index contributed by atoms with van der Waals surface area (Å²) in [6.07, 6.45) is 5.20. The van der Waals surface area contributed by atoms with E-state index in [2.05, 4.69) is 17.0 Å². The minimum absolute atomic E-state index is 0. The third-order valence-electron chi connectivity index (χ3n) is 1.36. The molecule has 1 nitrogen and oxygen atoms in total. The van der Waals surface area contributed by atoms with Gasteiger partial charge in [0.15, 0.2) is 5.01 Å². The number of hydrogen-bond donors (Lipinski definition) is 0. The van der Waals surface area contributed by atoms with Gasteiger partial charge in [0.25, 0.3) is 0 Å². The van der Waals surface area contributed by atoms with E-state index in [-0.39, 0.29) is 40.1 Å². The molecule has 1 aromatic carbocycles. The summed E-state index contributed by atoms with van der Waals surface area (Å²) in [4.78, 5) is 4.19. The Labute approximate surface area is 107 Å². The van der Waals surface area contributed by atoms with Gasteiger partial charge in [-0.05, 0) is 11.4 Å². The van der Waals surface area contributed by atoms with Crippen LogP contribution in [0, 0.1) is 25.8 Å². The molecular weight excluding hydrogens is 255 g/mol. The molecule has 0 fully saturated rings. The van der Waals surface area contributed by atoms with Gasteiger partial charge in [-0.15, -0.1) is 12.5 Å². The Kier molecular flexibility index (Phi) is 5.40. The van der Waals surface area contributed by atoms with E-state index in [4.69, 9.17) is 6.42 Å². The molecule has 0 N–H and O–H groups in total.